The third-order valence-electron chi connectivity index (χ3n) is 5.60. The Morgan fingerprint density at radius 1 is 1.13 bits per heavy atom. The molecule has 2 N–H and O–H groups in total. The molecule has 3 heterocycles. The van der Waals surface area contributed by atoms with Crippen LogP contribution in [0.2, 0.25) is 5.02 Å². The lowest BCUT2D eigenvalue weighted by Gasteiger charge is -2.14. The molecule has 31 heavy (non-hydrogen) atoms. The van der Waals surface area contributed by atoms with Crippen molar-refractivity contribution in [3.63, 3.8) is 0 Å². The number of benzene rings is 2. The summed E-state index contributed by atoms with van der Waals surface area (Å²) in [5.74, 6) is 1.46. The molecule has 0 bridgehead atoms. The lowest BCUT2D eigenvalue weighted by atomic mass is 10.1. The monoisotopic (exact) mass is 436 g/mol. The van der Waals surface area contributed by atoms with Gasteiger partial charge in [0.1, 0.15) is 17.2 Å². The van der Waals surface area contributed by atoms with Crippen molar-refractivity contribution in [2.24, 2.45) is 5.92 Å². The van der Waals surface area contributed by atoms with Gasteiger partial charge in [-0.3, -0.25) is 0 Å². The van der Waals surface area contributed by atoms with E-state index in [1.807, 2.05) is 30.3 Å². The number of nitrogens with one attached hydrogen (secondary N) is 2. The molecule has 6 nitrogen and oxygen atoms in total. The average molecular weight is 437 g/mol. The number of aromatic nitrogens is 4. The van der Waals surface area contributed by atoms with E-state index in [1.54, 1.807) is 18.3 Å². The summed E-state index contributed by atoms with van der Waals surface area (Å²) in [6.45, 7) is 3.07. The molecule has 0 unspecified atom stereocenters. The van der Waals surface area contributed by atoms with E-state index in [9.17, 15) is 4.39 Å². The Bertz CT molecular complexity index is 1220. The first kappa shape index (κ1) is 19.9. The van der Waals surface area contributed by atoms with Gasteiger partial charge in [-0.25, -0.2) is 14.4 Å². The highest BCUT2D eigenvalue weighted by Crippen LogP contribution is 2.31. The topological polar surface area (TPSA) is 67.7 Å². The fourth-order valence-corrected chi connectivity index (χ4v) is 4.19. The smallest absolute Gasteiger partial charge is 0.225 e. The van der Waals surface area contributed by atoms with Crippen LogP contribution in [0, 0.1) is 11.7 Å². The van der Waals surface area contributed by atoms with Crippen molar-refractivity contribution in [3.8, 4) is 11.4 Å². The number of hydrogen-bond donors (Lipinski definition) is 2. The summed E-state index contributed by atoms with van der Waals surface area (Å²) in [6, 6.07) is 14.4. The third-order valence-corrected chi connectivity index (χ3v) is 5.93. The molecule has 158 valence electrons. The number of nitrogens with zero attached hydrogens (tertiary/aromatic N) is 4. The third kappa shape index (κ3) is 4.11. The number of halogens is 2. The second-order valence-corrected chi connectivity index (χ2v) is 8.14. The van der Waals surface area contributed by atoms with Crippen molar-refractivity contribution in [2.75, 3.05) is 18.4 Å². The molecule has 2 aromatic carbocycles. The van der Waals surface area contributed by atoms with Crippen molar-refractivity contribution in [3.05, 3.63) is 71.1 Å². The molecular weight excluding hydrogens is 415 g/mol. The molecule has 1 saturated heterocycles. The summed E-state index contributed by atoms with van der Waals surface area (Å²) >= 11 is 6.49. The van der Waals surface area contributed by atoms with Gasteiger partial charge in [-0.15, -0.1) is 0 Å². The Morgan fingerprint density at radius 3 is 2.77 bits per heavy atom. The fourth-order valence-electron chi connectivity index (χ4n) is 3.97. The first-order chi connectivity index (χ1) is 15.2. The molecular formula is C23H22ClFN6. The molecule has 1 fully saturated rings. The molecule has 8 heteroatoms. The van der Waals surface area contributed by atoms with Gasteiger partial charge in [0, 0.05) is 24.2 Å². The van der Waals surface area contributed by atoms with Gasteiger partial charge in [0.25, 0.3) is 0 Å². The highest BCUT2D eigenvalue weighted by molar-refractivity contribution is 6.33. The van der Waals surface area contributed by atoms with Crippen molar-refractivity contribution in [1.29, 1.82) is 0 Å². The first-order valence-electron chi connectivity index (χ1n) is 10.3. The van der Waals surface area contributed by atoms with Gasteiger partial charge >= 0.3 is 0 Å². The molecule has 0 amide bonds. The number of fused-ring (bicyclic) bond motifs is 1. The lowest BCUT2D eigenvalue weighted by molar-refractivity contribution is 0.490. The van der Waals surface area contributed by atoms with E-state index in [0.717, 1.165) is 43.1 Å². The van der Waals surface area contributed by atoms with Crippen LogP contribution >= 0.6 is 11.6 Å². The van der Waals surface area contributed by atoms with Crippen molar-refractivity contribution < 1.29 is 4.39 Å². The normalized spacial score (nSPS) is 16.1. The maximum Gasteiger partial charge on any atom is 0.225 e. The van der Waals surface area contributed by atoms with Gasteiger partial charge in [0.2, 0.25) is 5.95 Å². The second-order valence-electron chi connectivity index (χ2n) is 7.73. The number of rotatable bonds is 6. The second kappa shape index (κ2) is 8.61. The predicted octanol–water partition coefficient (Wildman–Crippen LogP) is 4.51. The molecule has 2 aromatic heterocycles. The predicted molar refractivity (Wildman–Crippen MR) is 120 cm³/mol. The maximum absolute atomic E-state index is 14.0. The zero-order valence-corrected chi connectivity index (χ0v) is 17.6. The van der Waals surface area contributed by atoms with E-state index >= 15 is 0 Å². The van der Waals surface area contributed by atoms with Crippen molar-refractivity contribution in [1.82, 2.24) is 24.8 Å². The SMILES string of the molecule is Fc1ccccc1CNc1ncc2nc(-c3ccccc3Cl)n(C[C@@H]3CCNC3)c2n1. The van der Waals surface area contributed by atoms with Crippen LogP contribution in [0.15, 0.2) is 54.7 Å². The minimum Gasteiger partial charge on any atom is -0.350 e. The van der Waals surface area contributed by atoms with Crippen LogP contribution in [0.3, 0.4) is 0 Å². The van der Waals surface area contributed by atoms with Crippen molar-refractivity contribution >= 4 is 28.7 Å². The standard InChI is InChI=1S/C23H22ClFN6/c24-18-7-3-2-6-17(18)21-29-20-13-28-23(27-12-16-5-1-4-8-19(16)25)30-22(20)31(21)14-15-9-10-26-11-15/h1-8,13,15,26H,9-12,14H2,(H,27,28,30)/t15-/m1/s1. The molecule has 4 aromatic rings. The lowest BCUT2D eigenvalue weighted by Crippen LogP contribution is -2.16. The van der Waals surface area contributed by atoms with Gasteiger partial charge in [-0.05, 0) is 43.6 Å². The molecule has 5 rings (SSSR count). The number of imidazole rings is 1. The Kier molecular flexibility index (Phi) is 5.53. The number of anilines is 1. The van der Waals surface area contributed by atoms with E-state index in [1.165, 1.54) is 6.07 Å². The maximum atomic E-state index is 14.0. The Labute approximate surface area is 184 Å². The van der Waals surface area contributed by atoms with Crippen LogP contribution in [0.1, 0.15) is 12.0 Å². The van der Waals surface area contributed by atoms with Crippen LogP contribution < -0.4 is 10.6 Å². The summed E-state index contributed by atoms with van der Waals surface area (Å²) in [7, 11) is 0. The zero-order chi connectivity index (χ0) is 21.2. The Morgan fingerprint density at radius 2 is 1.97 bits per heavy atom. The van der Waals surface area contributed by atoms with Crippen LogP contribution in [-0.2, 0) is 13.1 Å². The minimum absolute atomic E-state index is 0.254. The van der Waals surface area contributed by atoms with Crippen LogP contribution in [0.4, 0.5) is 10.3 Å². The van der Waals surface area contributed by atoms with E-state index in [4.69, 9.17) is 21.6 Å². The minimum atomic E-state index is -0.254. The average Bonchev–Trinajstić information content (AvgIpc) is 3.42. The van der Waals surface area contributed by atoms with Gasteiger partial charge in [0.15, 0.2) is 5.65 Å². The summed E-state index contributed by atoms with van der Waals surface area (Å²) in [4.78, 5) is 13.9. The summed E-state index contributed by atoms with van der Waals surface area (Å²) in [6.07, 6.45) is 2.81. The van der Waals surface area contributed by atoms with Gasteiger partial charge in [0.05, 0.1) is 11.2 Å². The Balaban J connectivity index is 1.53. The van der Waals surface area contributed by atoms with Crippen molar-refractivity contribution in [2.45, 2.75) is 19.5 Å². The molecule has 0 saturated carbocycles. The van der Waals surface area contributed by atoms with Gasteiger partial charge in [-0.1, -0.05) is 41.9 Å². The van der Waals surface area contributed by atoms with Crippen LogP contribution in [-0.4, -0.2) is 32.6 Å². The van der Waals surface area contributed by atoms with E-state index in [0.29, 0.717) is 34.5 Å². The van der Waals surface area contributed by atoms with Crippen LogP contribution in [0.25, 0.3) is 22.6 Å². The highest BCUT2D eigenvalue weighted by Gasteiger charge is 2.22. The van der Waals surface area contributed by atoms with Gasteiger partial charge < -0.3 is 15.2 Å². The summed E-state index contributed by atoms with van der Waals surface area (Å²) < 4.78 is 16.1. The molecule has 0 spiro atoms. The summed E-state index contributed by atoms with van der Waals surface area (Å²) in [5.41, 5.74) is 2.88. The van der Waals surface area contributed by atoms with E-state index in [-0.39, 0.29) is 5.82 Å². The quantitative estimate of drug-likeness (QED) is 0.465. The first-order valence-corrected chi connectivity index (χ1v) is 10.7. The van der Waals surface area contributed by atoms with E-state index in [2.05, 4.69) is 20.2 Å². The number of hydrogen-bond acceptors (Lipinski definition) is 5. The molecule has 0 aliphatic carbocycles. The largest absolute Gasteiger partial charge is 0.350 e. The highest BCUT2D eigenvalue weighted by atomic mass is 35.5. The zero-order valence-electron chi connectivity index (χ0n) is 16.9. The molecule has 1 atom stereocenters. The molecule has 1 aliphatic rings. The fraction of sp³-hybridized carbons (Fsp3) is 0.261. The Hall–Kier alpha value is -3.03. The van der Waals surface area contributed by atoms with Crippen LogP contribution in [0.5, 0.6) is 0 Å². The van der Waals surface area contributed by atoms with Gasteiger partial charge in [-0.2, -0.15) is 4.98 Å². The molecule has 1 aliphatic heterocycles. The summed E-state index contributed by atoms with van der Waals surface area (Å²) in [5, 5.41) is 7.20. The van der Waals surface area contributed by atoms with E-state index < -0.39 is 0 Å². The molecule has 0 radical (unpaired) electrons.